The van der Waals surface area contributed by atoms with Crippen molar-refractivity contribution in [2.24, 2.45) is 7.05 Å². The van der Waals surface area contributed by atoms with Gasteiger partial charge in [-0.15, -0.1) is 0 Å². The SMILES string of the molecule is Cc1cc(CNCc2ccccc2[N+](=O)[O-])n(C)n1. The average molecular weight is 260 g/mol. The monoisotopic (exact) mass is 260 g/mol. The highest BCUT2D eigenvalue weighted by molar-refractivity contribution is 5.39. The summed E-state index contributed by atoms with van der Waals surface area (Å²) in [6.45, 7) is 3.02. The Bertz CT molecular complexity index is 592. The molecule has 0 aliphatic rings. The molecule has 0 bridgehead atoms. The Morgan fingerprint density at radius 1 is 1.37 bits per heavy atom. The van der Waals surface area contributed by atoms with Crippen molar-refractivity contribution in [3.8, 4) is 0 Å². The van der Waals surface area contributed by atoms with E-state index in [2.05, 4.69) is 10.4 Å². The van der Waals surface area contributed by atoms with Crippen molar-refractivity contribution >= 4 is 5.69 Å². The minimum atomic E-state index is -0.356. The number of rotatable bonds is 5. The third kappa shape index (κ3) is 3.17. The molecular formula is C13H16N4O2. The van der Waals surface area contributed by atoms with E-state index in [0.717, 1.165) is 11.4 Å². The summed E-state index contributed by atoms with van der Waals surface area (Å²) >= 11 is 0. The molecule has 0 unspecified atom stereocenters. The van der Waals surface area contributed by atoms with E-state index >= 15 is 0 Å². The molecule has 0 aliphatic carbocycles. The van der Waals surface area contributed by atoms with Gasteiger partial charge in [0.05, 0.1) is 16.3 Å². The van der Waals surface area contributed by atoms with E-state index in [1.807, 2.05) is 24.7 Å². The van der Waals surface area contributed by atoms with Gasteiger partial charge >= 0.3 is 0 Å². The molecule has 2 rings (SSSR count). The van der Waals surface area contributed by atoms with Crippen LogP contribution in [0.25, 0.3) is 0 Å². The Morgan fingerprint density at radius 2 is 2.11 bits per heavy atom. The van der Waals surface area contributed by atoms with E-state index < -0.39 is 0 Å². The van der Waals surface area contributed by atoms with E-state index in [-0.39, 0.29) is 10.6 Å². The van der Waals surface area contributed by atoms with Gasteiger partial charge in [0.15, 0.2) is 0 Å². The van der Waals surface area contributed by atoms with Crippen LogP contribution < -0.4 is 5.32 Å². The first-order valence-corrected chi connectivity index (χ1v) is 6.00. The largest absolute Gasteiger partial charge is 0.307 e. The number of benzene rings is 1. The van der Waals surface area contributed by atoms with Crippen LogP contribution in [-0.2, 0) is 20.1 Å². The lowest BCUT2D eigenvalue weighted by molar-refractivity contribution is -0.385. The zero-order valence-corrected chi connectivity index (χ0v) is 11.0. The van der Waals surface area contributed by atoms with E-state index in [0.29, 0.717) is 18.7 Å². The summed E-state index contributed by atoms with van der Waals surface area (Å²) in [4.78, 5) is 10.5. The van der Waals surface area contributed by atoms with Gasteiger partial charge in [0, 0.05) is 31.8 Å². The summed E-state index contributed by atoms with van der Waals surface area (Å²) < 4.78 is 1.81. The van der Waals surface area contributed by atoms with Gasteiger partial charge in [-0.25, -0.2) is 0 Å². The molecule has 0 saturated carbocycles. The number of aryl methyl sites for hydroxylation is 2. The van der Waals surface area contributed by atoms with Crippen LogP contribution in [0.1, 0.15) is 17.0 Å². The molecule has 0 atom stereocenters. The first-order valence-electron chi connectivity index (χ1n) is 6.00. The molecule has 6 heteroatoms. The first-order chi connectivity index (χ1) is 9.08. The van der Waals surface area contributed by atoms with Crippen LogP contribution in [0.15, 0.2) is 30.3 Å². The second-order valence-electron chi connectivity index (χ2n) is 4.39. The Labute approximate surface area is 111 Å². The molecule has 1 aromatic heterocycles. The van der Waals surface area contributed by atoms with Crippen LogP contribution in [0.2, 0.25) is 0 Å². The normalized spacial score (nSPS) is 10.6. The smallest absolute Gasteiger partial charge is 0.273 e. The van der Waals surface area contributed by atoms with E-state index in [1.165, 1.54) is 6.07 Å². The van der Waals surface area contributed by atoms with Crippen molar-refractivity contribution in [2.45, 2.75) is 20.0 Å². The van der Waals surface area contributed by atoms with Crippen LogP contribution in [0.4, 0.5) is 5.69 Å². The molecular weight excluding hydrogens is 244 g/mol. The van der Waals surface area contributed by atoms with Gasteiger partial charge in [0.2, 0.25) is 0 Å². The number of nitrogens with one attached hydrogen (secondary N) is 1. The van der Waals surface area contributed by atoms with Crippen molar-refractivity contribution in [3.63, 3.8) is 0 Å². The van der Waals surface area contributed by atoms with Crippen molar-refractivity contribution < 1.29 is 4.92 Å². The maximum Gasteiger partial charge on any atom is 0.273 e. The van der Waals surface area contributed by atoms with Gasteiger partial charge < -0.3 is 5.32 Å². The fourth-order valence-electron chi connectivity index (χ4n) is 1.99. The van der Waals surface area contributed by atoms with Gasteiger partial charge in [0.1, 0.15) is 0 Å². The zero-order chi connectivity index (χ0) is 13.8. The molecule has 19 heavy (non-hydrogen) atoms. The third-order valence-corrected chi connectivity index (χ3v) is 2.91. The molecule has 1 N–H and O–H groups in total. The second-order valence-corrected chi connectivity index (χ2v) is 4.39. The van der Waals surface area contributed by atoms with Crippen molar-refractivity contribution in [1.29, 1.82) is 0 Å². The summed E-state index contributed by atoms with van der Waals surface area (Å²) in [5.74, 6) is 0. The lowest BCUT2D eigenvalue weighted by Gasteiger charge is -2.05. The fourth-order valence-corrected chi connectivity index (χ4v) is 1.99. The van der Waals surface area contributed by atoms with Crippen molar-refractivity contribution in [1.82, 2.24) is 15.1 Å². The van der Waals surface area contributed by atoms with E-state index in [9.17, 15) is 10.1 Å². The number of hydrogen-bond donors (Lipinski definition) is 1. The molecule has 100 valence electrons. The molecule has 0 fully saturated rings. The predicted molar refractivity (Wildman–Crippen MR) is 71.6 cm³/mol. The summed E-state index contributed by atoms with van der Waals surface area (Å²) in [6, 6.07) is 8.75. The summed E-state index contributed by atoms with van der Waals surface area (Å²) in [5, 5.41) is 18.3. The minimum Gasteiger partial charge on any atom is -0.307 e. The quantitative estimate of drug-likeness (QED) is 0.658. The molecule has 0 spiro atoms. The highest BCUT2D eigenvalue weighted by Gasteiger charge is 2.11. The summed E-state index contributed by atoms with van der Waals surface area (Å²) in [5.41, 5.74) is 2.85. The number of nitrogens with zero attached hydrogens (tertiary/aromatic N) is 3. The lowest BCUT2D eigenvalue weighted by atomic mass is 10.2. The van der Waals surface area contributed by atoms with E-state index in [4.69, 9.17) is 0 Å². The zero-order valence-electron chi connectivity index (χ0n) is 11.0. The molecule has 1 aromatic carbocycles. The number of nitro groups is 1. The highest BCUT2D eigenvalue weighted by Crippen LogP contribution is 2.17. The second kappa shape index (κ2) is 5.62. The number of nitro benzene ring substituents is 1. The Morgan fingerprint density at radius 3 is 2.74 bits per heavy atom. The first kappa shape index (κ1) is 13.2. The molecule has 0 amide bonds. The van der Waals surface area contributed by atoms with Crippen molar-refractivity contribution in [3.05, 3.63) is 57.4 Å². The molecule has 6 nitrogen and oxygen atoms in total. The van der Waals surface area contributed by atoms with Crippen LogP contribution in [0.3, 0.4) is 0 Å². The van der Waals surface area contributed by atoms with Crippen LogP contribution in [0, 0.1) is 17.0 Å². The fraction of sp³-hybridized carbons (Fsp3) is 0.308. The van der Waals surface area contributed by atoms with Gasteiger partial charge in [-0.1, -0.05) is 18.2 Å². The maximum atomic E-state index is 10.9. The lowest BCUT2D eigenvalue weighted by Crippen LogP contribution is -2.16. The molecule has 0 saturated heterocycles. The van der Waals surface area contributed by atoms with Crippen molar-refractivity contribution in [2.75, 3.05) is 0 Å². The number of aromatic nitrogens is 2. The molecule has 2 aromatic rings. The topological polar surface area (TPSA) is 73.0 Å². The maximum absolute atomic E-state index is 10.9. The summed E-state index contributed by atoms with van der Waals surface area (Å²) in [7, 11) is 1.88. The van der Waals surface area contributed by atoms with Crippen LogP contribution in [-0.4, -0.2) is 14.7 Å². The standard InChI is InChI=1S/C13H16N4O2/c1-10-7-12(16(2)15-10)9-14-8-11-5-3-4-6-13(11)17(18)19/h3-7,14H,8-9H2,1-2H3. The predicted octanol–water partition coefficient (Wildman–Crippen LogP) is 1.93. The van der Waals surface area contributed by atoms with Gasteiger partial charge in [-0.05, 0) is 13.0 Å². The minimum absolute atomic E-state index is 0.149. The van der Waals surface area contributed by atoms with Gasteiger partial charge in [-0.2, -0.15) is 5.10 Å². The number of para-hydroxylation sites is 1. The van der Waals surface area contributed by atoms with Gasteiger partial charge in [-0.3, -0.25) is 14.8 Å². The molecule has 1 heterocycles. The van der Waals surface area contributed by atoms with Crippen LogP contribution >= 0.6 is 0 Å². The number of hydrogen-bond acceptors (Lipinski definition) is 4. The van der Waals surface area contributed by atoms with Crippen LogP contribution in [0.5, 0.6) is 0 Å². The Balaban J connectivity index is 2.00. The molecule has 0 radical (unpaired) electrons. The Hall–Kier alpha value is -2.21. The van der Waals surface area contributed by atoms with E-state index in [1.54, 1.807) is 18.2 Å². The summed E-state index contributed by atoms with van der Waals surface area (Å²) in [6.07, 6.45) is 0. The Kier molecular flexibility index (Phi) is 3.91. The highest BCUT2D eigenvalue weighted by atomic mass is 16.6. The third-order valence-electron chi connectivity index (χ3n) is 2.91. The average Bonchev–Trinajstić information content (AvgIpc) is 2.68. The molecule has 0 aliphatic heterocycles. The van der Waals surface area contributed by atoms with Gasteiger partial charge in [0.25, 0.3) is 5.69 Å².